The maximum absolute atomic E-state index is 12.7. The van der Waals surface area contributed by atoms with Crippen molar-refractivity contribution in [3.05, 3.63) is 59.4 Å². The number of anilines is 3. The first-order chi connectivity index (χ1) is 12.3. The van der Waals surface area contributed by atoms with Crippen LogP contribution in [0.15, 0.2) is 48.1 Å². The number of nitrogens with zero attached hydrogens (tertiary/aromatic N) is 4. The van der Waals surface area contributed by atoms with E-state index in [4.69, 9.17) is 0 Å². The van der Waals surface area contributed by atoms with E-state index in [1.54, 1.807) is 18.5 Å². The number of aryl methyl sites for hydroxylation is 1. The summed E-state index contributed by atoms with van der Waals surface area (Å²) in [5.41, 5.74) is 3.03. The topological polar surface area (TPSA) is 71.0 Å². The van der Waals surface area contributed by atoms with E-state index in [0.717, 1.165) is 30.8 Å². The van der Waals surface area contributed by atoms with Gasteiger partial charge in [0.05, 0.1) is 12.1 Å². The molecule has 0 radical (unpaired) electrons. The molecule has 6 nitrogen and oxygen atoms in total. The fourth-order valence-corrected chi connectivity index (χ4v) is 3.65. The summed E-state index contributed by atoms with van der Waals surface area (Å²) in [5.74, 6) is 0.583. The van der Waals surface area contributed by atoms with Gasteiger partial charge in [0.1, 0.15) is 0 Å². The predicted octanol–water partition coefficient (Wildman–Crippen LogP) is 3.20. The Morgan fingerprint density at radius 1 is 1.20 bits per heavy atom. The first kappa shape index (κ1) is 15.7. The van der Waals surface area contributed by atoms with Crippen LogP contribution in [0, 0.1) is 0 Å². The van der Waals surface area contributed by atoms with Gasteiger partial charge in [0.15, 0.2) is 5.13 Å². The molecule has 2 aromatic heterocycles. The van der Waals surface area contributed by atoms with Crippen LogP contribution in [0.3, 0.4) is 0 Å². The van der Waals surface area contributed by atoms with E-state index < -0.39 is 0 Å². The van der Waals surface area contributed by atoms with E-state index in [-0.39, 0.29) is 5.91 Å². The Balaban J connectivity index is 1.45. The summed E-state index contributed by atoms with van der Waals surface area (Å²) in [7, 11) is 0. The maximum atomic E-state index is 12.7. The van der Waals surface area contributed by atoms with E-state index in [1.165, 1.54) is 16.9 Å². The summed E-state index contributed by atoms with van der Waals surface area (Å²) in [6.07, 6.45) is 5.66. The van der Waals surface area contributed by atoms with Gasteiger partial charge in [0.2, 0.25) is 11.9 Å². The summed E-state index contributed by atoms with van der Waals surface area (Å²) in [6.45, 7) is 0.767. The van der Waals surface area contributed by atoms with Crippen molar-refractivity contribution in [2.24, 2.45) is 0 Å². The second-order valence-electron chi connectivity index (χ2n) is 5.80. The zero-order valence-corrected chi connectivity index (χ0v) is 14.4. The van der Waals surface area contributed by atoms with Gasteiger partial charge in [-0.2, -0.15) is 0 Å². The molecular weight excluding hydrogens is 334 g/mol. The minimum atomic E-state index is 0.0833. The van der Waals surface area contributed by atoms with Crippen molar-refractivity contribution in [1.82, 2.24) is 15.0 Å². The smallest absolute Gasteiger partial charge is 0.233 e. The number of amides is 1. The van der Waals surface area contributed by atoms with Crippen LogP contribution in [0.2, 0.25) is 0 Å². The molecule has 0 spiro atoms. The molecule has 0 aliphatic carbocycles. The molecule has 3 aromatic rings. The van der Waals surface area contributed by atoms with Crippen molar-refractivity contribution in [2.75, 3.05) is 16.8 Å². The maximum Gasteiger partial charge on any atom is 0.233 e. The highest BCUT2D eigenvalue weighted by Gasteiger charge is 2.22. The molecule has 3 heterocycles. The molecule has 1 aliphatic rings. The molecule has 25 heavy (non-hydrogen) atoms. The van der Waals surface area contributed by atoms with Crippen molar-refractivity contribution in [3.63, 3.8) is 0 Å². The molecule has 0 bridgehead atoms. The van der Waals surface area contributed by atoms with Crippen molar-refractivity contribution >= 4 is 34.0 Å². The summed E-state index contributed by atoms with van der Waals surface area (Å²) >= 11 is 1.45. The fourth-order valence-electron chi connectivity index (χ4n) is 2.95. The number of nitrogens with one attached hydrogen (secondary N) is 1. The van der Waals surface area contributed by atoms with Crippen molar-refractivity contribution in [3.8, 4) is 0 Å². The minimum Gasteiger partial charge on any atom is -0.312 e. The fraction of sp³-hybridized carbons (Fsp3) is 0.222. The van der Waals surface area contributed by atoms with Crippen LogP contribution in [0.1, 0.15) is 17.7 Å². The molecule has 4 rings (SSSR count). The van der Waals surface area contributed by atoms with Gasteiger partial charge in [-0.1, -0.05) is 18.2 Å². The molecule has 0 atom stereocenters. The third-order valence-corrected chi connectivity index (χ3v) is 4.89. The van der Waals surface area contributed by atoms with Crippen LogP contribution < -0.4 is 10.2 Å². The van der Waals surface area contributed by atoms with Crippen LogP contribution in [-0.4, -0.2) is 27.4 Å². The van der Waals surface area contributed by atoms with E-state index >= 15 is 0 Å². The van der Waals surface area contributed by atoms with Gasteiger partial charge in [-0.3, -0.25) is 4.79 Å². The third-order valence-electron chi connectivity index (χ3n) is 4.08. The lowest BCUT2D eigenvalue weighted by Gasteiger charge is -2.29. The van der Waals surface area contributed by atoms with Gasteiger partial charge < -0.3 is 10.2 Å². The highest BCUT2D eigenvalue weighted by Crippen LogP contribution is 2.27. The highest BCUT2D eigenvalue weighted by molar-refractivity contribution is 7.13. The SMILES string of the molecule is O=C(Cc1csc(Nc2ncccn2)n1)N1CCCc2ccccc21. The monoisotopic (exact) mass is 351 g/mol. The first-order valence-electron chi connectivity index (χ1n) is 8.16. The number of hydrogen-bond acceptors (Lipinski definition) is 6. The Hall–Kier alpha value is -2.80. The number of benzene rings is 1. The molecule has 1 N–H and O–H groups in total. The normalized spacial score (nSPS) is 13.4. The average molecular weight is 351 g/mol. The van der Waals surface area contributed by atoms with E-state index in [2.05, 4.69) is 26.3 Å². The van der Waals surface area contributed by atoms with Crippen LogP contribution in [0.4, 0.5) is 16.8 Å². The number of fused-ring (bicyclic) bond motifs is 1. The molecule has 0 fully saturated rings. The lowest BCUT2D eigenvalue weighted by atomic mass is 10.0. The Bertz CT molecular complexity index is 880. The molecule has 1 aromatic carbocycles. The zero-order chi connectivity index (χ0) is 17.1. The number of hydrogen-bond donors (Lipinski definition) is 1. The largest absolute Gasteiger partial charge is 0.312 e. The highest BCUT2D eigenvalue weighted by atomic mass is 32.1. The van der Waals surface area contributed by atoms with Gasteiger partial charge in [0.25, 0.3) is 0 Å². The third kappa shape index (κ3) is 3.51. The molecule has 1 aliphatic heterocycles. The molecule has 126 valence electrons. The molecule has 0 saturated heterocycles. The molecular formula is C18H17N5OS. The van der Waals surface area contributed by atoms with Crippen LogP contribution >= 0.6 is 11.3 Å². The number of aromatic nitrogens is 3. The second kappa shape index (κ2) is 6.98. The number of carbonyl (C=O) groups is 1. The lowest BCUT2D eigenvalue weighted by molar-refractivity contribution is -0.118. The van der Waals surface area contributed by atoms with E-state index in [9.17, 15) is 4.79 Å². The van der Waals surface area contributed by atoms with Crippen LogP contribution in [0.5, 0.6) is 0 Å². The minimum absolute atomic E-state index is 0.0833. The standard InChI is InChI=1S/C18H17N5OS/c24-16(23-10-3-6-13-5-1-2-7-15(13)23)11-14-12-25-18(21-14)22-17-19-8-4-9-20-17/h1-2,4-5,7-9,12H,3,6,10-11H2,(H,19,20,21,22). The average Bonchev–Trinajstić information content (AvgIpc) is 3.09. The van der Waals surface area contributed by atoms with E-state index in [1.807, 2.05) is 28.5 Å². The summed E-state index contributed by atoms with van der Waals surface area (Å²) < 4.78 is 0. The van der Waals surface area contributed by atoms with Gasteiger partial charge in [-0.25, -0.2) is 15.0 Å². The van der Waals surface area contributed by atoms with Gasteiger partial charge in [-0.15, -0.1) is 11.3 Å². The van der Waals surface area contributed by atoms with E-state index in [0.29, 0.717) is 17.5 Å². The second-order valence-corrected chi connectivity index (χ2v) is 6.65. The van der Waals surface area contributed by atoms with Gasteiger partial charge in [-0.05, 0) is 30.5 Å². The van der Waals surface area contributed by atoms with Crippen molar-refractivity contribution < 1.29 is 4.79 Å². The number of thiazole rings is 1. The van der Waals surface area contributed by atoms with Gasteiger partial charge >= 0.3 is 0 Å². The Labute approximate surface area is 149 Å². The molecule has 1 amide bonds. The summed E-state index contributed by atoms with van der Waals surface area (Å²) in [6, 6.07) is 9.88. The Kier molecular flexibility index (Phi) is 4.39. The Morgan fingerprint density at radius 2 is 2.04 bits per heavy atom. The molecule has 0 unspecified atom stereocenters. The van der Waals surface area contributed by atoms with Crippen LogP contribution in [-0.2, 0) is 17.6 Å². The zero-order valence-electron chi connectivity index (χ0n) is 13.6. The van der Waals surface area contributed by atoms with Crippen molar-refractivity contribution in [2.45, 2.75) is 19.3 Å². The summed E-state index contributed by atoms with van der Waals surface area (Å²) in [4.78, 5) is 27.3. The number of para-hydroxylation sites is 1. The summed E-state index contributed by atoms with van der Waals surface area (Å²) in [5, 5.41) is 5.64. The van der Waals surface area contributed by atoms with Crippen LogP contribution in [0.25, 0.3) is 0 Å². The quantitative estimate of drug-likeness (QED) is 0.781. The molecule has 7 heteroatoms. The predicted molar refractivity (Wildman–Crippen MR) is 98.2 cm³/mol. The number of carbonyl (C=O) groups excluding carboxylic acids is 1. The number of rotatable bonds is 4. The molecule has 0 saturated carbocycles. The lowest BCUT2D eigenvalue weighted by Crippen LogP contribution is -2.36. The van der Waals surface area contributed by atoms with Crippen molar-refractivity contribution in [1.29, 1.82) is 0 Å². The first-order valence-corrected chi connectivity index (χ1v) is 9.04. The Morgan fingerprint density at radius 3 is 2.92 bits per heavy atom. The van der Waals surface area contributed by atoms with Gasteiger partial charge in [0, 0.05) is 30.0 Å².